The molecule has 0 atom stereocenters. The smallest absolute Gasteiger partial charge is 0.224 e. The number of nitriles is 1. The first-order chi connectivity index (χ1) is 8.61. The van der Waals surface area contributed by atoms with E-state index < -0.39 is 0 Å². The predicted molar refractivity (Wildman–Crippen MR) is 67.4 cm³/mol. The van der Waals surface area contributed by atoms with Gasteiger partial charge in [-0.1, -0.05) is 23.5 Å². The molecule has 0 saturated heterocycles. The predicted octanol–water partition coefficient (Wildman–Crippen LogP) is 1.83. The Labute approximate surface area is 108 Å². The maximum atomic E-state index is 11.3. The summed E-state index contributed by atoms with van der Waals surface area (Å²) in [5.74, 6) is -0.138. The van der Waals surface area contributed by atoms with Gasteiger partial charge in [0.25, 0.3) is 0 Å². The van der Waals surface area contributed by atoms with Gasteiger partial charge in [-0.2, -0.15) is 10.4 Å². The summed E-state index contributed by atoms with van der Waals surface area (Å²) in [6.45, 7) is 3.40. The largest absolute Gasteiger partial charge is 0.292 e. The van der Waals surface area contributed by atoms with Crippen LogP contribution in [0.3, 0.4) is 0 Å². The van der Waals surface area contributed by atoms with Crippen LogP contribution in [0.15, 0.2) is 29.3 Å². The molecule has 0 aliphatic heterocycles. The zero-order valence-electron chi connectivity index (χ0n) is 9.91. The highest BCUT2D eigenvalue weighted by Gasteiger charge is 2.10. The second kappa shape index (κ2) is 4.94. The normalized spacial score (nSPS) is 11.3. The maximum absolute atomic E-state index is 11.3. The number of aryl methyl sites for hydroxylation is 1. The van der Waals surface area contributed by atoms with Gasteiger partial charge in [-0.25, -0.2) is 4.68 Å². The summed E-state index contributed by atoms with van der Waals surface area (Å²) < 4.78 is 1.51. The molecule has 5 nitrogen and oxygen atoms in total. The summed E-state index contributed by atoms with van der Waals surface area (Å²) in [6.07, 6.45) is 1.72. The van der Waals surface area contributed by atoms with E-state index in [-0.39, 0.29) is 5.78 Å². The minimum Gasteiger partial charge on any atom is -0.292 e. The zero-order valence-corrected chi connectivity index (χ0v) is 10.7. The van der Waals surface area contributed by atoms with E-state index in [1.165, 1.54) is 11.6 Å². The van der Waals surface area contributed by atoms with Gasteiger partial charge < -0.3 is 0 Å². The van der Waals surface area contributed by atoms with Crippen molar-refractivity contribution in [1.29, 1.82) is 5.26 Å². The molecule has 0 N–H and O–H groups in total. The van der Waals surface area contributed by atoms with E-state index in [0.29, 0.717) is 9.81 Å². The van der Waals surface area contributed by atoms with Crippen molar-refractivity contribution in [2.24, 2.45) is 4.99 Å². The lowest BCUT2D eigenvalue weighted by atomic mass is 10.2. The number of Topliss-reactive ketones (excluding diaryl/α,β-unsaturated/α-hetero) is 1. The van der Waals surface area contributed by atoms with Gasteiger partial charge in [0.05, 0.1) is 5.69 Å². The molecular formula is C12H10N4OS. The van der Waals surface area contributed by atoms with Crippen molar-refractivity contribution < 1.29 is 4.79 Å². The number of hydrogen-bond acceptors (Lipinski definition) is 5. The van der Waals surface area contributed by atoms with Crippen LogP contribution in [-0.2, 0) is 0 Å². The second-order valence-electron chi connectivity index (χ2n) is 3.71. The number of nitrogens with zero attached hydrogens (tertiary/aromatic N) is 4. The van der Waals surface area contributed by atoms with Crippen molar-refractivity contribution in [2.45, 2.75) is 13.8 Å². The van der Waals surface area contributed by atoms with Crippen LogP contribution in [0.1, 0.15) is 22.3 Å². The van der Waals surface area contributed by atoms with Crippen LogP contribution in [0.5, 0.6) is 0 Å². The molecule has 0 fully saturated rings. The topological polar surface area (TPSA) is 71.0 Å². The van der Waals surface area contributed by atoms with Crippen LogP contribution in [0.2, 0.25) is 0 Å². The van der Waals surface area contributed by atoms with Crippen molar-refractivity contribution in [1.82, 2.24) is 9.78 Å². The molecule has 6 heteroatoms. The Morgan fingerprint density at radius 2 is 2.33 bits per heavy atom. The van der Waals surface area contributed by atoms with Crippen LogP contribution in [0, 0.1) is 18.4 Å². The van der Waals surface area contributed by atoms with E-state index in [1.54, 1.807) is 6.19 Å². The van der Waals surface area contributed by atoms with Crippen LogP contribution in [0.4, 0.5) is 0 Å². The lowest BCUT2D eigenvalue weighted by Gasteiger charge is -2.01. The van der Waals surface area contributed by atoms with Crippen LogP contribution < -0.4 is 4.80 Å². The maximum Gasteiger partial charge on any atom is 0.224 e. The third kappa shape index (κ3) is 2.36. The molecule has 1 aromatic carbocycles. The fourth-order valence-corrected chi connectivity index (χ4v) is 2.23. The van der Waals surface area contributed by atoms with Crippen LogP contribution in [0.25, 0.3) is 5.69 Å². The highest BCUT2D eigenvalue weighted by molar-refractivity contribution is 7.11. The molecule has 0 amide bonds. The fourth-order valence-electron chi connectivity index (χ4n) is 1.47. The summed E-state index contributed by atoms with van der Waals surface area (Å²) in [5, 5.41) is 13.2. The molecule has 0 aliphatic carbocycles. The number of benzene rings is 1. The number of hydrogen-bond donors (Lipinski definition) is 0. The zero-order chi connectivity index (χ0) is 13.1. The van der Waals surface area contributed by atoms with Crippen molar-refractivity contribution >= 4 is 17.1 Å². The number of rotatable bonds is 2. The number of aromatic nitrogens is 2. The first-order valence-corrected chi connectivity index (χ1v) is 6.04. The molecule has 0 bridgehead atoms. The monoisotopic (exact) mass is 258 g/mol. The van der Waals surface area contributed by atoms with E-state index in [0.717, 1.165) is 22.6 Å². The lowest BCUT2D eigenvalue weighted by Crippen LogP contribution is -2.14. The van der Waals surface area contributed by atoms with E-state index in [1.807, 2.05) is 31.2 Å². The summed E-state index contributed by atoms with van der Waals surface area (Å²) in [6, 6.07) is 7.62. The highest BCUT2D eigenvalue weighted by Crippen LogP contribution is 2.09. The minimum atomic E-state index is -0.138. The Bertz CT molecular complexity index is 705. The Hall–Kier alpha value is -2.26. The molecule has 1 heterocycles. The van der Waals surface area contributed by atoms with Gasteiger partial charge in [0.2, 0.25) is 11.0 Å². The van der Waals surface area contributed by atoms with Crippen molar-refractivity contribution in [3.05, 3.63) is 39.6 Å². The Morgan fingerprint density at radius 3 is 2.94 bits per heavy atom. The molecule has 18 heavy (non-hydrogen) atoms. The van der Waals surface area contributed by atoms with Gasteiger partial charge in [-0.15, -0.1) is 4.99 Å². The van der Waals surface area contributed by atoms with Gasteiger partial charge in [-0.05, 0) is 24.6 Å². The summed E-state index contributed by atoms with van der Waals surface area (Å²) in [5.41, 5.74) is 1.85. The SMILES string of the molecule is CC(=O)c1nn(-c2cccc(C)c2)c(=NC#N)s1. The highest BCUT2D eigenvalue weighted by atomic mass is 32.1. The molecule has 0 unspecified atom stereocenters. The van der Waals surface area contributed by atoms with E-state index in [2.05, 4.69) is 10.1 Å². The van der Waals surface area contributed by atoms with Gasteiger partial charge in [0, 0.05) is 6.92 Å². The average molecular weight is 258 g/mol. The first kappa shape index (κ1) is 12.2. The first-order valence-electron chi connectivity index (χ1n) is 5.23. The molecular weight excluding hydrogens is 248 g/mol. The quantitative estimate of drug-likeness (QED) is 0.609. The minimum absolute atomic E-state index is 0.138. The van der Waals surface area contributed by atoms with Crippen LogP contribution >= 0.6 is 11.3 Å². The van der Waals surface area contributed by atoms with E-state index in [9.17, 15) is 4.79 Å². The van der Waals surface area contributed by atoms with Gasteiger partial charge in [0.1, 0.15) is 0 Å². The van der Waals surface area contributed by atoms with Gasteiger partial charge in [-0.3, -0.25) is 4.79 Å². The van der Waals surface area contributed by atoms with E-state index >= 15 is 0 Å². The Balaban J connectivity index is 2.67. The summed E-state index contributed by atoms with van der Waals surface area (Å²) in [7, 11) is 0. The Morgan fingerprint density at radius 1 is 1.56 bits per heavy atom. The third-order valence-corrected chi connectivity index (χ3v) is 3.26. The lowest BCUT2D eigenvalue weighted by molar-refractivity contribution is 0.101. The van der Waals surface area contributed by atoms with Crippen molar-refractivity contribution in [2.75, 3.05) is 0 Å². The van der Waals surface area contributed by atoms with Crippen molar-refractivity contribution in [3.63, 3.8) is 0 Å². The van der Waals surface area contributed by atoms with Crippen molar-refractivity contribution in [3.8, 4) is 11.9 Å². The standard InChI is InChI=1S/C12H10N4OS/c1-8-4-3-5-10(6-8)16-12(14-7-13)18-11(15-16)9(2)17/h3-6H,1-2H3. The second-order valence-corrected chi connectivity index (χ2v) is 4.66. The molecule has 90 valence electrons. The fraction of sp³-hybridized carbons (Fsp3) is 0.167. The summed E-state index contributed by atoms with van der Waals surface area (Å²) >= 11 is 1.11. The van der Waals surface area contributed by atoms with Gasteiger partial charge >= 0.3 is 0 Å². The van der Waals surface area contributed by atoms with E-state index in [4.69, 9.17) is 5.26 Å². The molecule has 0 radical (unpaired) electrons. The Kier molecular flexibility index (Phi) is 3.35. The number of carbonyl (C=O) groups excluding carboxylic acids is 1. The molecule has 2 aromatic rings. The number of ketones is 1. The van der Waals surface area contributed by atoms with Gasteiger partial charge in [0.15, 0.2) is 10.8 Å². The molecule has 0 aliphatic rings. The average Bonchev–Trinajstić information content (AvgIpc) is 2.74. The summed E-state index contributed by atoms with van der Waals surface area (Å²) in [4.78, 5) is 15.4. The molecule has 0 saturated carbocycles. The molecule has 2 rings (SSSR count). The van der Waals surface area contributed by atoms with Crippen LogP contribution in [-0.4, -0.2) is 15.6 Å². The molecule has 0 spiro atoms. The number of carbonyl (C=O) groups is 1. The molecule has 1 aromatic heterocycles. The third-order valence-electron chi connectivity index (χ3n) is 2.25.